The van der Waals surface area contributed by atoms with Gasteiger partial charge in [0.25, 0.3) is 5.91 Å². The molecule has 0 unspecified atom stereocenters. The third-order valence-electron chi connectivity index (χ3n) is 3.37. The molecule has 1 fully saturated rings. The molecule has 1 amide bonds. The Morgan fingerprint density at radius 2 is 2.00 bits per heavy atom. The first-order valence-electron chi connectivity index (χ1n) is 6.69. The quantitative estimate of drug-likeness (QED) is 0.846. The Morgan fingerprint density at radius 3 is 2.68 bits per heavy atom. The first-order valence-corrected chi connectivity index (χ1v) is 6.69. The number of rotatable bonds is 4. The molecule has 0 atom stereocenters. The molecule has 0 spiro atoms. The number of hydrogen-bond acceptors (Lipinski definition) is 3. The summed E-state index contributed by atoms with van der Waals surface area (Å²) in [6.45, 7) is 4.07. The minimum atomic E-state index is -0.211. The number of hydrogen-bond donors (Lipinski definition) is 1. The van der Waals surface area contributed by atoms with Crippen molar-refractivity contribution >= 4 is 11.6 Å². The van der Waals surface area contributed by atoms with Crippen LogP contribution in [0.1, 0.15) is 36.8 Å². The lowest BCUT2D eigenvalue weighted by atomic mass is 10.1. The van der Waals surface area contributed by atoms with Crippen molar-refractivity contribution in [3.8, 4) is 5.75 Å². The first kappa shape index (κ1) is 13.6. The van der Waals surface area contributed by atoms with Gasteiger partial charge in [0.1, 0.15) is 5.75 Å². The van der Waals surface area contributed by atoms with Crippen LogP contribution >= 0.6 is 0 Å². The monoisotopic (exact) mass is 260 g/mol. The maximum Gasteiger partial charge on any atom is 0.277 e. The highest BCUT2D eigenvalue weighted by Crippen LogP contribution is 2.16. The van der Waals surface area contributed by atoms with E-state index in [9.17, 15) is 4.79 Å². The van der Waals surface area contributed by atoms with Gasteiger partial charge in [-0.25, -0.2) is 5.43 Å². The van der Waals surface area contributed by atoms with Crippen molar-refractivity contribution in [1.82, 2.24) is 5.43 Å². The topological polar surface area (TPSA) is 50.7 Å². The lowest BCUT2D eigenvalue weighted by molar-refractivity contribution is -0.123. The summed E-state index contributed by atoms with van der Waals surface area (Å²) in [4.78, 5) is 11.6. The van der Waals surface area contributed by atoms with Crippen LogP contribution in [0.25, 0.3) is 0 Å². The highest BCUT2D eigenvalue weighted by atomic mass is 16.5. The maximum absolute atomic E-state index is 11.6. The predicted octanol–water partition coefficient (Wildman–Crippen LogP) is 2.73. The second-order valence-corrected chi connectivity index (χ2v) is 4.95. The number of amides is 1. The standard InChI is InChI=1S/C15H20N2O2/c1-11-7-8-14(9-12(11)2)19-10-15(18)17-16-13-5-3-4-6-13/h7-9H,3-6,10H2,1-2H3,(H,17,18). The number of aryl methyl sites for hydroxylation is 2. The highest BCUT2D eigenvalue weighted by molar-refractivity contribution is 5.87. The SMILES string of the molecule is Cc1ccc(OCC(=O)NN=C2CCCC2)cc1C. The average molecular weight is 260 g/mol. The molecular weight excluding hydrogens is 240 g/mol. The molecule has 1 aliphatic carbocycles. The maximum atomic E-state index is 11.6. The summed E-state index contributed by atoms with van der Waals surface area (Å²) >= 11 is 0. The Labute approximate surface area is 113 Å². The van der Waals surface area contributed by atoms with Crippen molar-refractivity contribution in [2.24, 2.45) is 5.10 Å². The van der Waals surface area contributed by atoms with Crippen molar-refractivity contribution in [1.29, 1.82) is 0 Å². The van der Waals surface area contributed by atoms with E-state index in [-0.39, 0.29) is 12.5 Å². The molecule has 1 saturated carbocycles. The number of carbonyl (C=O) groups excluding carboxylic acids is 1. The van der Waals surface area contributed by atoms with Gasteiger partial charge >= 0.3 is 0 Å². The summed E-state index contributed by atoms with van der Waals surface area (Å²) in [6, 6.07) is 5.80. The fourth-order valence-corrected chi connectivity index (χ4v) is 2.02. The Bertz CT molecular complexity index is 487. The fourth-order valence-electron chi connectivity index (χ4n) is 2.02. The Hall–Kier alpha value is -1.84. The first-order chi connectivity index (χ1) is 9.15. The average Bonchev–Trinajstić information content (AvgIpc) is 2.91. The van der Waals surface area contributed by atoms with Crippen LogP contribution in [0.15, 0.2) is 23.3 Å². The molecule has 1 N–H and O–H groups in total. The lowest BCUT2D eigenvalue weighted by Crippen LogP contribution is -2.25. The molecule has 4 nitrogen and oxygen atoms in total. The van der Waals surface area contributed by atoms with Gasteiger partial charge in [-0.15, -0.1) is 0 Å². The lowest BCUT2D eigenvalue weighted by Gasteiger charge is -2.07. The van der Waals surface area contributed by atoms with Crippen molar-refractivity contribution in [3.63, 3.8) is 0 Å². The van der Waals surface area contributed by atoms with Gasteiger partial charge in [-0.05, 0) is 62.8 Å². The minimum Gasteiger partial charge on any atom is -0.484 e. The second kappa shape index (κ2) is 6.36. The van der Waals surface area contributed by atoms with E-state index in [0.29, 0.717) is 5.75 Å². The number of carbonyl (C=O) groups is 1. The van der Waals surface area contributed by atoms with Gasteiger partial charge in [0, 0.05) is 5.71 Å². The van der Waals surface area contributed by atoms with Gasteiger partial charge in [0.15, 0.2) is 6.61 Å². The fraction of sp³-hybridized carbons (Fsp3) is 0.467. The molecule has 19 heavy (non-hydrogen) atoms. The molecule has 4 heteroatoms. The van der Waals surface area contributed by atoms with Crippen molar-refractivity contribution in [3.05, 3.63) is 29.3 Å². The number of nitrogens with zero attached hydrogens (tertiary/aromatic N) is 1. The van der Waals surface area contributed by atoms with E-state index in [0.717, 1.165) is 24.1 Å². The van der Waals surface area contributed by atoms with Crippen LogP contribution in [0, 0.1) is 13.8 Å². The van der Waals surface area contributed by atoms with Crippen molar-refractivity contribution in [2.75, 3.05) is 6.61 Å². The zero-order chi connectivity index (χ0) is 13.7. The van der Waals surface area contributed by atoms with E-state index in [1.54, 1.807) is 0 Å². The molecule has 2 rings (SSSR count). The largest absolute Gasteiger partial charge is 0.484 e. The van der Waals surface area contributed by atoms with Gasteiger partial charge in [0.2, 0.25) is 0 Å². The second-order valence-electron chi connectivity index (χ2n) is 4.95. The van der Waals surface area contributed by atoms with E-state index in [2.05, 4.69) is 10.5 Å². The van der Waals surface area contributed by atoms with Gasteiger partial charge in [-0.1, -0.05) is 6.07 Å². The number of hydrazone groups is 1. The van der Waals surface area contributed by atoms with E-state index in [4.69, 9.17) is 4.74 Å². The van der Waals surface area contributed by atoms with Crippen molar-refractivity contribution in [2.45, 2.75) is 39.5 Å². The Balaban J connectivity index is 1.79. The van der Waals surface area contributed by atoms with Crippen LogP contribution in [-0.2, 0) is 4.79 Å². The zero-order valence-electron chi connectivity index (χ0n) is 11.5. The van der Waals surface area contributed by atoms with Crippen LogP contribution < -0.4 is 10.2 Å². The molecule has 1 aromatic rings. The van der Waals surface area contributed by atoms with E-state index in [1.165, 1.54) is 18.4 Å². The van der Waals surface area contributed by atoms with E-state index < -0.39 is 0 Å². The summed E-state index contributed by atoms with van der Waals surface area (Å²) in [7, 11) is 0. The summed E-state index contributed by atoms with van der Waals surface area (Å²) in [6.07, 6.45) is 4.35. The molecule has 0 saturated heterocycles. The number of ether oxygens (including phenoxy) is 1. The van der Waals surface area contributed by atoms with Gasteiger partial charge < -0.3 is 4.74 Å². The number of nitrogens with one attached hydrogen (secondary N) is 1. The molecule has 0 heterocycles. The molecule has 0 aliphatic heterocycles. The molecule has 1 aliphatic rings. The normalized spacial score (nSPS) is 14.3. The minimum absolute atomic E-state index is 0.000713. The van der Waals surface area contributed by atoms with Crippen LogP contribution in [0.5, 0.6) is 5.75 Å². The van der Waals surface area contributed by atoms with Crippen LogP contribution in [0.2, 0.25) is 0 Å². The Kier molecular flexibility index (Phi) is 4.55. The molecule has 0 bridgehead atoms. The van der Waals surface area contributed by atoms with Gasteiger partial charge in [0.05, 0.1) is 0 Å². The summed E-state index contributed by atoms with van der Waals surface area (Å²) in [5, 5.41) is 4.10. The molecule has 102 valence electrons. The highest BCUT2D eigenvalue weighted by Gasteiger charge is 2.09. The van der Waals surface area contributed by atoms with Crippen LogP contribution in [0.4, 0.5) is 0 Å². The summed E-state index contributed by atoms with van der Waals surface area (Å²) < 4.78 is 5.44. The Morgan fingerprint density at radius 1 is 1.26 bits per heavy atom. The molecule has 0 aromatic heterocycles. The summed E-state index contributed by atoms with van der Waals surface area (Å²) in [5.41, 5.74) is 6.00. The van der Waals surface area contributed by atoms with E-state index >= 15 is 0 Å². The molecule has 1 aromatic carbocycles. The third-order valence-corrected chi connectivity index (χ3v) is 3.37. The van der Waals surface area contributed by atoms with E-state index in [1.807, 2.05) is 32.0 Å². The molecule has 0 radical (unpaired) electrons. The van der Waals surface area contributed by atoms with Crippen LogP contribution in [0.3, 0.4) is 0 Å². The molecular formula is C15H20N2O2. The predicted molar refractivity (Wildman–Crippen MR) is 75.5 cm³/mol. The smallest absolute Gasteiger partial charge is 0.277 e. The van der Waals surface area contributed by atoms with Gasteiger partial charge in [-0.2, -0.15) is 5.10 Å². The third kappa shape index (κ3) is 4.09. The van der Waals surface area contributed by atoms with Crippen molar-refractivity contribution < 1.29 is 9.53 Å². The summed E-state index contributed by atoms with van der Waals surface area (Å²) in [5.74, 6) is 0.504. The van der Waals surface area contributed by atoms with Crippen LogP contribution in [-0.4, -0.2) is 18.2 Å². The van der Waals surface area contributed by atoms with Gasteiger partial charge in [-0.3, -0.25) is 4.79 Å². The zero-order valence-corrected chi connectivity index (χ0v) is 11.5. The number of benzene rings is 1.